The van der Waals surface area contributed by atoms with Gasteiger partial charge in [0.2, 0.25) is 10.0 Å². The minimum Gasteiger partial charge on any atom is -0.457 e. The minimum absolute atomic E-state index is 0.000280. The van der Waals surface area contributed by atoms with Crippen LogP contribution in [-0.4, -0.2) is 30.9 Å². The maximum atomic E-state index is 13.0. The Hall–Kier alpha value is -2.82. The number of carbonyl (C=O) groups excluding carboxylic acids is 2. The van der Waals surface area contributed by atoms with Crippen LogP contribution in [0.4, 0.5) is 4.39 Å². The van der Waals surface area contributed by atoms with Crippen LogP contribution in [0.2, 0.25) is 0 Å². The lowest BCUT2D eigenvalue weighted by molar-refractivity contribution is -0.140. The lowest BCUT2D eigenvalue weighted by Crippen LogP contribution is -2.61. The number of ether oxygens (including phenoxy) is 1. The van der Waals surface area contributed by atoms with E-state index in [1.165, 1.54) is 48.5 Å². The monoisotopic (exact) mass is 448 g/mol. The van der Waals surface area contributed by atoms with Gasteiger partial charge in [-0.05, 0) is 74.2 Å². The Bertz CT molecular complexity index is 1090. The highest BCUT2D eigenvalue weighted by molar-refractivity contribution is 7.89. The second-order valence-corrected chi connectivity index (χ2v) is 9.62. The third-order valence-electron chi connectivity index (χ3n) is 5.91. The van der Waals surface area contributed by atoms with Crippen molar-refractivity contribution < 1.29 is 32.3 Å². The number of nitrogens with one attached hydrogen (secondary N) is 2. The molecule has 31 heavy (non-hydrogen) atoms. The molecule has 2 aromatic carbocycles. The molecule has 2 saturated carbocycles. The van der Waals surface area contributed by atoms with Gasteiger partial charge in [-0.15, -0.1) is 0 Å². The van der Waals surface area contributed by atoms with Crippen molar-refractivity contribution in [3.05, 3.63) is 54.3 Å². The third-order valence-corrected chi connectivity index (χ3v) is 7.46. The molecule has 2 aromatic rings. The van der Waals surface area contributed by atoms with Crippen molar-refractivity contribution >= 4 is 21.7 Å². The number of amides is 1. The zero-order valence-electron chi connectivity index (χ0n) is 16.4. The van der Waals surface area contributed by atoms with Crippen molar-refractivity contribution in [2.75, 3.05) is 0 Å². The van der Waals surface area contributed by atoms with Gasteiger partial charge >= 0.3 is 0 Å². The van der Waals surface area contributed by atoms with E-state index in [1.54, 1.807) is 5.48 Å². The summed E-state index contributed by atoms with van der Waals surface area (Å²) in [6.45, 7) is 0. The van der Waals surface area contributed by atoms with Gasteiger partial charge in [-0.3, -0.25) is 14.8 Å². The maximum Gasteiger partial charge on any atom is 0.264 e. The number of benzene rings is 2. The van der Waals surface area contributed by atoms with Gasteiger partial charge in [-0.1, -0.05) is 0 Å². The van der Waals surface area contributed by atoms with Gasteiger partial charge in [-0.2, -0.15) is 4.72 Å². The molecular weight excluding hydrogens is 427 g/mol. The molecule has 0 aromatic heterocycles. The van der Waals surface area contributed by atoms with E-state index in [0.717, 1.165) is 0 Å². The Kier molecular flexibility index (Phi) is 5.54. The number of hydroxylamine groups is 1. The van der Waals surface area contributed by atoms with Gasteiger partial charge in [-0.25, -0.2) is 18.3 Å². The zero-order valence-corrected chi connectivity index (χ0v) is 17.2. The summed E-state index contributed by atoms with van der Waals surface area (Å²) < 4.78 is 47.0. The molecule has 2 atom stereocenters. The first kappa shape index (κ1) is 21.4. The van der Waals surface area contributed by atoms with Gasteiger partial charge < -0.3 is 4.74 Å². The molecule has 8 nitrogen and oxygen atoms in total. The van der Waals surface area contributed by atoms with E-state index >= 15 is 0 Å². The van der Waals surface area contributed by atoms with Crippen LogP contribution in [0.25, 0.3) is 0 Å². The number of rotatable bonds is 6. The fourth-order valence-electron chi connectivity index (χ4n) is 4.41. The number of halogens is 1. The van der Waals surface area contributed by atoms with Crippen LogP contribution in [0.1, 0.15) is 25.7 Å². The second kappa shape index (κ2) is 8.03. The van der Waals surface area contributed by atoms with Crippen LogP contribution in [0, 0.1) is 17.7 Å². The molecule has 2 aliphatic rings. The molecule has 2 bridgehead atoms. The molecule has 0 aliphatic heterocycles. The molecular formula is C21H21FN2O6S. The molecule has 0 radical (unpaired) electrons. The van der Waals surface area contributed by atoms with Crippen molar-refractivity contribution in [3.63, 3.8) is 0 Å². The predicted octanol–water partition coefficient (Wildman–Crippen LogP) is 2.53. The van der Waals surface area contributed by atoms with E-state index < -0.39 is 39.1 Å². The van der Waals surface area contributed by atoms with Crippen LogP contribution in [0.15, 0.2) is 53.4 Å². The van der Waals surface area contributed by atoms with Crippen LogP contribution >= 0.6 is 0 Å². The van der Waals surface area contributed by atoms with E-state index in [1.807, 2.05) is 0 Å². The van der Waals surface area contributed by atoms with E-state index in [-0.39, 0.29) is 23.5 Å². The van der Waals surface area contributed by atoms with Crippen LogP contribution in [0.5, 0.6) is 11.5 Å². The van der Waals surface area contributed by atoms with Gasteiger partial charge in [0.25, 0.3) is 5.91 Å². The average molecular weight is 448 g/mol. The van der Waals surface area contributed by atoms with Crippen molar-refractivity contribution in [2.24, 2.45) is 11.8 Å². The van der Waals surface area contributed by atoms with Gasteiger partial charge in [0, 0.05) is 11.8 Å². The Labute approximate surface area is 178 Å². The number of Topliss-reactive ketones (excluding diaryl/α,β-unsaturated/α-hetero) is 1. The molecule has 2 fully saturated rings. The summed E-state index contributed by atoms with van der Waals surface area (Å²) >= 11 is 0. The van der Waals surface area contributed by atoms with Crippen LogP contribution in [0.3, 0.4) is 0 Å². The highest BCUT2D eigenvalue weighted by Crippen LogP contribution is 2.44. The predicted molar refractivity (Wildman–Crippen MR) is 106 cm³/mol. The summed E-state index contributed by atoms with van der Waals surface area (Å²) in [5.41, 5.74) is -0.0508. The third kappa shape index (κ3) is 4.18. The summed E-state index contributed by atoms with van der Waals surface area (Å²) in [7, 11) is -4.14. The molecule has 0 spiro atoms. The molecule has 10 heteroatoms. The molecule has 2 aliphatic carbocycles. The molecule has 1 amide bonds. The van der Waals surface area contributed by atoms with Gasteiger partial charge in [0.15, 0.2) is 0 Å². The van der Waals surface area contributed by atoms with E-state index in [2.05, 4.69) is 4.72 Å². The standard InChI is InChI=1S/C21H21FN2O6S/c22-15-3-5-16(6-4-15)30-17-7-9-18(10-8-17)31(28,29)24-21(20(26)23-27)11-13-1-2-14(12-21)19(13)25/h3-10,13-14,24,27H,1-2,11-12H2,(H,23,26). The number of ketones is 1. The second-order valence-electron chi connectivity index (χ2n) is 7.94. The highest BCUT2D eigenvalue weighted by Gasteiger charge is 2.54. The number of sulfonamides is 1. The summed E-state index contributed by atoms with van der Waals surface area (Å²) in [5.74, 6) is -1.33. The Morgan fingerprint density at radius 2 is 1.52 bits per heavy atom. The van der Waals surface area contributed by atoms with E-state index in [9.17, 15) is 27.6 Å². The Balaban J connectivity index is 1.55. The largest absolute Gasteiger partial charge is 0.457 e. The minimum atomic E-state index is -4.14. The summed E-state index contributed by atoms with van der Waals surface area (Å²) in [6.07, 6.45) is 1.20. The van der Waals surface area contributed by atoms with Gasteiger partial charge in [0.1, 0.15) is 28.6 Å². The molecule has 0 heterocycles. The highest BCUT2D eigenvalue weighted by atomic mass is 32.2. The van der Waals surface area contributed by atoms with Gasteiger partial charge in [0.05, 0.1) is 4.90 Å². The number of fused-ring (bicyclic) bond motifs is 2. The molecule has 2 unspecified atom stereocenters. The van der Waals surface area contributed by atoms with Crippen molar-refractivity contribution in [1.29, 1.82) is 0 Å². The fraction of sp³-hybridized carbons (Fsp3) is 0.333. The first-order valence-electron chi connectivity index (χ1n) is 9.78. The molecule has 4 rings (SSSR count). The average Bonchev–Trinajstić information content (AvgIpc) is 2.96. The SMILES string of the molecule is O=C1C2CCC1CC(NS(=O)(=O)c1ccc(Oc3ccc(F)cc3)cc1)(C(=O)NO)C2. The van der Waals surface area contributed by atoms with E-state index in [0.29, 0.717) is 24.3 Å². The first-order valence-corrected chi connectivity index (χ1v) is 11.3. The molecule has 3 N–H and O–H groups in total. The normalized spacial score (nSPS) is 25.3. The summed E-state index contributed by atoms with van der Waals surface area (Å²) in [6, 6.07) is 10.9. The quantitative estimate of drug-likeness (QED) is 0.461. The van der Waals surface area contributed by atoms with Crippen molar-refractivity contribution in [2.45, 2.75) is 36.1 Å². The summed E-state index contributed by atoms with van der Waals surface area (Å²) in [5, 5.41) is 9.21. The van der Waals surface area contributed by atoms with Crippen LogP contribution in [-0.2, 0) is 19.6 Å². The summed E-state index contributed by atoms with van der Waals surface area (Å²) in [4.78, 5) is 24.6. The van der Waals surface area contributed by atoms with Crippen LogP contribution < -0.4 is 14.9 Å². The Morgan fingerprint density at radius 1 is 1.00 bits per heavy atom. The number of hydrogen-bond donors (Lipinski definition) is 3. The Morgan fingerprint density at radius 3 is 2.03 bits per heavy atom. The van der Waals surface area contributed by atoms with E-state index in [4.69, 9.17) is 4.74 Å². The van der Waals surface area contributed by atoms with Crippen molar-refractivity contribution in [1.82, 2.24) is 10.2 Å². The lowest BCUT2D eigenvalue weighted by Gasteiger charge is -2.38. The molecule has 0 saturated heterocycles. The molecule has 164 valence electrons. The topological polar surface area (TPSA) is 122 Å². The first-order chi connectivity index (χ1) is 14.7. The number of carbonyl (C=O) groups is 2. The smallest absolute Gasteiger partial charge is 0.264 e. The fourth-order valence-corrected chi connectivity index (χ4v) is 5.80. The number of hydrogen-bond acceptors (Lipinski definition) is 6. The van der Waals surface area contributed by atoms with Crippen molar-refractivity contribution in [3.8, 4) is 11.5 Å². The maximum absolute atomic E-state index is 13.0. The zero-order chi connectivity index (χ0) is 22.2. The lowest BCUT2D eigenvalue weighted by atomic mass is 9.74.